The lowest BCUT2D eigenvalue weighted by Gasteiger charge is -2.17. The molecule has 1 N–H and O–H groups in total. The van der Waals surface area contributed by atoms with Gasteiger partial charge in [0.2, 0.25) is 0 Å². The second-order valence-corrected chi connectivity index (χ2v) is 3.58. The predicted octanol–water partition coefficient (Wildman–Crippen LogP) is 0.552. The highest BCUT2D eigenvalue weighted by Gasteiger charge is 2.23. The predicted molar refractivity (Wildman–Crippen MR) is 46.8 cm³/mol. The zero-order valence-corrected chi connectivity index (χ0v) is 7.62. The second kappa shape index (κ2) is 5.15. The van der Waals surface area contributed by atoms with E-state index in [-0.39, 0.29) is 0 Å². The van der Waals surface area contributed by atoms with Gasteiger partial charge in [-0.3, -0.25) is 0 Å². The lowest BCUT2D eigenvalue weighted by Crippen LogP contribution is -2.31. The van der Waals surface area contributed by atoms with Gasteiger partial charge in [-0.2, -0.15) is 5.26 Å². The number of nitriles is 1. The first-order chi connectivity index (χ1) is 6.26. The second-order valence-electron chi connectivity index (χ2n) is 3.58. The topological polar surface area (TPSA) is 47.3 Å². The number of aliphatic hydroxyl groups is 1. The third-order valence-corrected chi connectivity index (χ3v) is 2.40. The number of hydrogen-bond acceptors (Lipinski definition) is 3. The van der Waals surface area contributed by atoms with Gasteiger partial charge >= 0.3 is 0 Å². The third kappa shape index (κ3) is 3.29. The Hall–Kier alpha value is -0.660. The summed E-state index contributed by atoms with van der Waals surface area (Å²) in [5.41, 5.74) is 0. The van der Waals surface area contributed by atoms with Gasteiger partial charge in [-0.15, -0.1) is 0 Å². The Morgan fingerprint density at radius 3 is 3.08 bits per heavy atom. The molecule has 0 spiro atoms. The summed E-state index contributed by atoms with van der Waals surface area (Å²) in [5, 5.41) is 17.5. The van der Waals surface area contributed by atoms with E-state index in [0.29, 0.717) is 18.9 Å². The molecule has 0 saturated carbocycles. The normalized spacial score (nSPS) is 25.8. The fourth-order valence-electron chi connectivity index (χ4n) is 1.72. The van der Waals surface area contributed by atoms with E-state index in [1.807, 2.05) is 4.90 Å². The summed E-state index contributed by atoms with van der Waals surface area (Å²) in [5.74, 6) is 0.414. The van der Waals surface area contributed by atoms with Crippen molar-refractivity contribution in [1.82, 2.24) is 4.90 Å². The van der Waals surface area contributed by atoms with E-state index in [1.165, 1.54) is 0 Å². The first-order valence-corrected chi connectivity index (χ1v) is 4.59. The van der Waals surface area contributed by atoms with E-state index >= 15 is 0 Å². The monoisotopic (exact) mass is 186 g/mol. The van der Waals surface area contributed by atoms with E-state index in [0.717, 1.165) is 19.5 Å². The van der Waals surface area contributed by atoms with E-state index < -0.39 is 12.8 Å². The molecular formula is C9H15FN2O. The van der Waals surface area contributed by atoms with Crippen molar-refractivity contribution in [2.45, 2.75) is 18.9 Å². The maximum Gasteiger partial charge on any atom is 0.117 e. The van der Waals surface area contributed by atoms with Crippen LogP contribution in [0, 0.1) is 17.2 Å². The Balaban J connectivity index is 2.21. The number of rotatable bonds is 4. The van der Waals surface area contributed by atoms with Gasteiger partial charge in [0.25, 0.3) is 0 Å². The Morgan fingerprint density at radius 2 is 2.46 bits per heavy atom. The van der Waals surface area contributed by atoms with Gasteiger partial charge in [0.1, 0.15) is 6.67 Å². The molecule has 1 fully saturated rings. The van der Waals surface area contributed by atoms with Gasteiger partial charge in [-0.25, -0.2) is 4.39 Å². The first-order valence-electron chi connectivity index (χ1n) is 4.59. The van der Waals surface area contributed by atoms with Crippen molar-refractivity contribution in [3.8, 4) is 6.07 Å². The molecule has 1 heterocycles. The number of nitrogens with zero attached hydrogens (tertiary/aromatic N) is 2. The highest BCUT2D eigenvalue weighted by atomic mass is 19.1. The van der Waals surface area contributed by atoms with Crippen molar-refractivity contribution in [3.63, 3.8) is 0 Å². The molecule has 1 aliphatic rings. The van der Waals surface area contributed by atoms with E-state index in [9.17, 15) is 4.39 Å². The highest BCUT2D eigenvalue weighted by Crippen LogP contribution is 2.18. The molecule has 0 aromatic rings. The lowest BCUT2D eigenvalue weighted by atomic mass is 10.1. The van der Waals surface area contributed by atoms with Crippen LogP contribution in [-0.2, 0) is 0 Å². The molecule has 0 aromatic carbocycles. The quantitative estimate of drug-likeness (QED) is 0.697. The minimum atomic E-state index is -0.860. The summed E-state index contributed by atoms with van der Waals surface area (Å²) < 4.78 is 12.0. The molecule has 1 aliphatic heterocycles. The number of halogens is 1. The van der Waals surface area contributed by atoms with Crippen molar-refractivity contribution in [2.75, 3.05) is 26.3 Å². The molecule has 0 radical (unpaired) electrons. The van der Waals surface area contributed by atoms with Crippen LogP contribution >= 0.6 is 0 Å². The summed E-state index contributed by atoms with van der Waals surface area (Å²) in [7, 11) is 0. The van der Waals surface area contributed by atoms with Crippen LogP contribution in [0.2, 0.25) is 0 Å². The van der Waals surface area contributed by atoms with Gasteiger partial charge in [-0.05, 0) is 18.9 Å². The van der Waals surface area contributed by atoms with Gasteiger partial charge in [0, 0.05) is 19.5 Å². The molecule has 1 rings (SSSR count). The molecule has 74 valence electrons. The molecule has 0 aliphatic carbocycles. The molecule has 0 bridgehead atoms. The number of aliphatic hydroxyl groups excluding tert-OH is 1. The molecule has 0 amide bonds. The Kier molecular flexibility index (Phi) is 4.13. The van der Waals surface area contributed by atoms with Crippen LogP contribution in [0.4, 0.5) is 4.39 Å². The average molecular weight is 186 g/mol. The number of likely N-dealkylation sites (tertiary alicyclic amines) is 1. The van der Waals surface area contributed by atoms with Crippen LogP contribution in [0.15, 0.2) is 0 Å². The molecule has 3 nitrogen and oxygen atoms in total. The summed E-state index contributed by atoms with van der Waals surface area (Å²) in [6, 6.07) is 2.13. The number of β-amino-alcohol motifs (C(OH)–C–C–N with tert-alkyl or cyclic N) is 1. The highest BCUT2D eigenvalue weighted by molar-refractivity contribution is 4.84. The van der Waals surface area contributed by atoms with Crippen molar-refractivity contribution in [1.29, 1.82) is 5.26 Å². The van der Waals surface area contributed by atoms with Crippen LogP contribution in [0.5, 0.6) is 0 Å². The molecule has 1 saturated heterocycles. The maximum atomic E-state index is 12.0. The number of hydrogen-bond donors (Lipinski definition) is 1. The molecular weight excluding hydrogens is 171 g/mol. The molecule has 2 unspecified atom stereocenters. The van der Waals surface area contributed by atoms with Crippen LogP contribution in [0.3, 0.4) is 0 Å². The summed E-state index contributed by atoms with van der Waals surface area (Å²) >= 11 is 0. The average Bonchev–Trinajstić information content (AvgIpc) is 2.53. The molecule has 0 aromatic heterocycles. The van der Waals surface area contributed by atoms with Gasteiger partial charge in [0.15, 0.2) is 0 Å². The Morgan fingerprint density at radius 1 is 1.69 bits per heavy atom. The zero-order valence-electron chi connectivity index (χ0n) is 7.62. The number of alkyl halides is 1. The minimum absolute atomic E-state index is 0.401. The first kappa shape index (κ1) is 10.4. The van der Waals surface area contributed by atoms with Crippen LogP contribution in [0.1, 0.15) is 12.8 Å². The van der Waals surface area contributed by atoms with Crippen molar-refractivity contribution >= 4 is 0 Å². The fourth-order valence-corrected chi connectivity index (χ4v) is 1.72. The third-order valence-electron chi connectivity index (χ3n) is 2.40. The Bertz CT molecular complexity index is 193. The van der Waals surface area contributed by atoms with E-state index in [4.69, 9.17) is 10.4 Å². The van der Waals surface area contributed by atoms with E-state index in [2.05, 4.69) is 6.07 Å². The lowest BCUT2D eigenvalue weighted by molar-refractivity contribution is 0.0981. The van der Waals surface area contributed by atoms with Crippen LogP contribution < -0.4 is 0 Å². The van der Waals surface area contributed by atoms with Gasteiger partial charge in [-0.1, -0.05) is 0 Å². The largest absolute Gasteiger partial charge is 0.389 e. The maximum absolute atomic E-state index is 12.0. The van der Waals surface area contributed by atoms with Crippen molar-refractivity contribution in [2.24, 2.45) is 5.92 Å². The van der Waals surface area contributed by atoms with Crippen LogP contribution in [-0.4, -0.2) is 42.4 Å². The van der Waals surface area contributed by atoms with Crippen LogP contribution in [0.25, 0.3) is 0 Å². The van der Waals surface area contributed by atoms with Gasteiger partial charge < -0.3 is 10.0 Å². The molecule has 4 heteroatoms. The summed E-state index contributed by atoms with van der Waals surface area (Å²) in [6.45, 7) is 1.42. The molecule has 2 atom stereocenters. The SMILES string of the molecule is N#CCC1CCN(CC(O)CF)C1. The zero-order chi connectivity index (χ0) is 9.68. The van der Waals surface area contributed by atoms with Crippen molar-refractivity contribution < 1.29 is 9.50 Å². The smallest absolute Gasteiger partial charge is 0.117 e. The van der Waals surface area contributed by atoms with E-state index in [1.54, 1.807) is 0 Å². The van der Waals surface area contributed by atoms with Gasteiger partial charge in [0.05, 0.1) is 12.2 Å². The standard InChI is InChI=1S/C9H15FN2O/c10-5-9(13)7-12-4-2-8(6-12)1-3-11/h8-9,13H,1-2,4-7H2. The Labute approximate surface area is 77.8 Å². The summed E-state index contributed by atoms with van der Waals surface area (Å²) in [4.78, 5) is 2.02. The summed E-state index contributed by atoms with van der Waals surface area (Å²) in [6.07, 6.45) is 0.704. The minimum Gasteiger partial charge on any atom is -0.389 e. The molecule has 13 heavy (non-hydrogen) atoms. The fraction of sp³-hybridized carbons (Fsp3) is 0.889. The van der Waals surface area contributed by atoms with Crippen molar-refractivity contribution in [3.05, 3.63) is 0 Å².